The number of ether oxygens (including phenoxy) is 1. The standard InChI is InChI=1S/C12H15N3O/c1-9-8-10(4-5-11(9)16-3)15-7-6-14-12(15)13-2/h4-8H,1-3H3,(H,13,14). The lowest BCUT2D eigenvalue weighted by molar-refractivity contribution is 0.411. The number of hydrogen-bond acceptors (Lipinski definition) is 3. The molecule has 0 spiro atoms. The van der Waals surface area contributed by atoms with Crippen molar-refractivity contribution < 1.29 is 4.74 Å². The fourth-order valence-corrected chi connectivity index (χ4v) is 1.71. The molecule has 0 unspecified atom stereocenters. The lowest BCUT2D eigenvalue weighted by Crippen LogP contribution is -2.01. The third-order valence-electron chi connectivity index (χ3n) is 2.52. The Balaban J connectivity index is 2.45. The van der Waals surface area contributed by atoms with Crippen LogP contribution in [0.15, 0.2) is 30.6 Å². The van der Waals surface area contributed by atoms with Gasteiger partial charge in [0.25, 0.3) is 0 Å². The summed E-state index contributed by atoms with van der Waals surface area (Å²) in [5.74, 6) is 1.72. The summed E-state index contributed by atoms with van der Waals surface area (Å²) < 4.78 is 7.23. The number of imidazole rings is 1. The fourth-order valence-electron chi connectivity index (χ4n) is 1.71. The van der Waals surface area contributed by atoms with Crippen molar-refractivity contribution >= 4 is 5.95 Å². The molecule has 0 amide bonds. The molecule has 16 heavy (non-hydrogen) atoms. The Morgan fingerprint density at radius 3 is 2.81 bits per heavy atom. The number of benzene rings is 1. The van der Waals surface area contributed by atoms with Crippen molar-refractivity contribution in [1.82, 2.24) is 9.55 Å². The van der Waals surface area contributed by atoms with Gasteiger partial charge < -0.3 is 10.1 Å². The van der Waals surface area contributed by atoms with Crippen LogP contribution in [0, 0.1) is 6.92 Å². The van der Waals surface area contributed by atoms with E-state index in [1.54, 1.807) is 13.3 Å². The van der Waals surface area contributed by atoms with Crippen LogP contribution >= 0.6 is 0 Å². The van der Waals surface area contributed by atoms with E-state index in [2.05, 4.69) is 16.4 Å². The molecule has 0 aliphatic heterocycles. The molecule has 4 nitrogen and oxygen atoms in total. The van der Waals surface area contributed by atoms with Crippen LogP contribution in [0.2, 0.25) is 0 Å². The molecule has 2 rings (SSSR count). The summed E-state index contributed by atoms with van der Waals surface area (Å²) in [6.07, 6.45) is 3.69. The zero-order valence-corrected chi connectivity index (χ0v) is 9.69. The number of methoxy groups -OCH3 is 1. The summed E-state index contributed by atoms with van der Waals surface area (Å²) in [6, 6.07) is 6.04. The molecule has 0 aliphatic rings. The molecule has 0 aliphatic carbocycles. The van der Waals surface area contributed by atoms with Gasteiger partial charge in [-0.3, -0.25) is 4.57 Å². The van der Waals surface area contributed by atoms with Gasteiger partial charge in [0.05, 0.1) is 7.11 Å². The molecule has 0 fully saturated rings. The van der Waals surface area contributed by atoms with Crippen LogP contribution in [-0.2, 0) is 0 Å². The van der Waals surface area contributed by atoms with Gasteiger partial charge in [-0.05, 0) is 30.7 Å². The van der Waals surface area contributed by atoms with E-state index < -0.39 is 0 Å². The first-order valence-corrected chi connectivity index (χ1v) is 5.12. The van der Waals surface area contributed by atoms with E-state index in [0.29, 0.717) is 0 Å². The number of aromatic nitrogens is 2. The van der Waals surface area contributed by atoms with Crippen molar-refractivity contribution in [2.75, 3.05) is 19.5 Å². The highest BCUT2D eigenvalue weighted by molar-refractivity contribution is 5.47. The van der Waals surface area contributed by atoms with Crippen molar-refractivity contribution in [2.24, 2.45) is 0 Å². The topological polar surface area (TPSA) is 39.1 Å². The van der Waals surface area contributed by atoms with Gasteiger partial charge in [-0.15, -0.1) is 0 Å². The monoisotopic (exact) mass is 217 g/mol. The molecule has 1 aromatic heterocycles. The van der Waals surface area contributed by atoms with Gasteiger partial charge in [-0.1, -0.05) is 0 Å². The second-order valence-electron chi connectivity index (χ2n) is 3.52. The highest BCUT2D eigenvalue weighted by atomic mass is 16.5. The quantitative estimate of drug-likeness (QED) is 0.856. The van der Waals surface area contributed by atoms with Crippen LogP contribution in [0.25, 0.3) is 5.69 Å². The van der Waals surface area contributed by atoms with Crippen molar-refractivity contribution in [2.45, 2.75) is 6.92 Å². The van der Waals surface area contributed by atoms with Crippen LogP contribution in [0.3, 0.4) is 0 Å². The summed E-state index contributed by atoms with van der Waals surface area (Å²) >= 11 is 0. The Bertz CT molecular complexity index is 491. The number of nitrogens with one attached hydrogen (secondary N) is 1. The first kappa shape index (κ1) is 10.5. The minimum Gasteiger partial charge on any atom is -0.496 e. The van der Waals surface area contributed by atoms with Crippen molar-refractivity contribution in [3.8, 4) is 11.4 Å². The molecular weight excluding hydrogens is 202 g/mol. The van der Waals surface area contributed by atoms with Gasteiger partial charge >= 0.3 is 0 Å². The largest absolute Gasteiger partial charge is 0.496 e. The van der Waals surface area contributed by atoms with E-state index in [-0.39, 0.29) is 0 Å². The average Bonchev–Trinajstić information content (AvgIpc) is 2.77. The second kappa shape index (κ2) is 4.26. The highest BCUT2D eigenvalue weighted by Gasteiger charge is 2.05. The molecule has 0 bridgehead atoms. The maximum absolute atomic E-state index is 5.23. The molecule has 1 heterocycles. The van der Waals surface area contributed by atoms with Crippen LogP contribution in [0.4, 0.5) is 5.95 Å². The number of aryl methyl sites for hydroxylation is 1. The molecule has 84 valence electrons. The van der Waals surface area contributed by atoms with E-state index in [0.717, 1.165) is 22.9 Å². The van der Waals surface area contributed by atoms with Crippen LogP contribution < -0.4 is 10.1 Å². The molecule has 0 radical (unpaired) electrons. The highest BCUT2D eigenvalue weighted by Crippen LogP contribution is 2.22. The van der Waals surface area contributed by atoms with Gasteiger partial charge in [0.15, 0.2) is 0 Å². The molecular formula is C12H15N3O. The Kier molecular flexibility index (Phi) is 2.81. The normalized spacial score (nSPS) is 10.2. The lowest BCUT2D eigenvalue weighted by atomic mass is 10.2. The van der Waals surface area contributed by atoms with Gasteiger partial charge in [0.1, 0.15) is 5.75 Å². The molecule has 1 N–H and O–H groups in total. The van der Waals surface area contributed by atoms with Gasteiger partial charge in [0, 0.05) is 25.1 Å². The minimum absolute atomic E-state index is 0.824. The molecule has 0 saturated heterocycles. The van der Waals surface area contributed by atoms with Gasteiger partial charge in [-0.2, -0.15) is 0 Å². The lowest BCUT2D eigenvalue weighted by Gasteiger charge is -2.10. The van der Waals surface area contributed by atoms with Crippen LogP contribution in [0.1, 0.15) is 5.56 Å². The van der Waals surface area contributed by atoms with E-state index in [1.807, 2.05) is 36.9 Å². The summed E-state index contributed by atoms with van der Waals surface area (Å²) in [4.78, 5) is 4.20. The molecule has 2 aromatic rings. The number of anilines is 1. The first-order valence-electron chi connectivity index (χ1n) is 5.12. The van der Waals surface area contributed by atoms with Crippen LogP contribution in [-0.4, -0.2) is 23.7 Å². The predicted octanol–water partition coefficient (Wildman–Crippen LogP) is 2.23. The molecule has 0 saturated carbocycles. The van der Waals surface area contributed by atoms with Crippen molar-refractivity contribution in [3.63, 3.8) is 0 Å². The SMILES string of the molecule is CNc1nccn1-c1ccc(OC)c(C)c1. The van der Waals surface area contributed by atoms with E-state index in [9.17, 15) is 0 Å². The maximum Gasteiger partial charge on any atom is 0.207 e. The Morgan fingerprint density at radius 2 is 2.19 bits per heavy atom. The van der Waals surface area contributed by atoms with Crippen molar-refractivity contribution in [1.29, 1.82) is 0 Å². The molecule has 4 heteroatoms. The van der Waals surface area contributed by atoms with Crippen LogP contribution in [0.5, 0.6) is 5.75 Å². The summed E-state index contributed by atoms with van der Waals surface area (Å²) in [7, 11) is 3.54. The third-order valence-corrected chi connectivity index (χ3v) is 2.52. The van der Waals surface area contributed by atoms with Gasteiger partial charge in [0.2, 0.25) is 5.95 Å². The molecule has 1 aromatic carbocycles. The zero-order chi connectivity index (χ0) is 11.5. The fraction of sp³-hybridized carbons (Fsp3) is 0.250. The number of rotatable bonds is 3. The number of nitrogens with zero attached hydrogens (tertiary/aromatic N) is 2. The second-order valence-corrected chi connectivity index (χ2v) is 3.52. The van der Waals surface area contributed by atoms with E-state index in [1.165, 1.54) is 0 Å². The average molecular weight is 217 g/mol. The number of hydrogen-bond donors (Lipinski definition) is 1. The summed E-state index contributed by atoms with van der Waals surface area (Å²) in [5.41, 5.74) is 2.18. The Hall–Kier alpha value is -1.97. The maximum atomic E-state index is 5.23. The first-order chi connectivity index (χ1) is 7.76. The van der Waals surface area contributed by atoms with E-state index in [4.69, 9.17) is 4.74 Å². The predicted molar refractivity (Wildman–Crippen MR) is 64.4 cm³/mol. The zero-order valence-electron chi connectivity index (χ0n) is 9.69. The van der Waals surface area contributed by atoms with Gasteiger partial charge in [-0.25, -0.2) is 4.98 Å². The summed E-state index contributed by atoms with van der Waals surface area (Å²) in [6.45, 7) is 2.03. The Morgan fingerprint density at radius 1 is 1.38 bits per heavy atom. The third kappa shape index (κ3) is 1.74. The smallest absolute Gasteiger partial charge is 0.207 e. The van der Waals surface area contributed by atoms with E-state index >= 15 is 0 Å². The minimum atomic E-state index is 0.824. The molecule has 0 atom stereocenters. The van der Waals surface area contributed by atoms with Crippen molar-refractivity contribution in [3.05, 3.63) is 36.2 Å². The summed E-state index contributed by atoms with van der Waals surface area (Å²) in [5, 5.41) is 3.04. The Labute approximate surface area is 94.9 Å².